The van der Waals surface area contributed by atoms with Gasteiger partial charge in [0.1, 0.15) is 11.9 Å². The molecule has 0 aliphatic rings. The van der Waals surface area contributed by atoms with E-state index in [4.69, 9.17) is 4.74 Å². The highest BCUT2D eigenvalue weighted by molar-refractivity contribution is 5.96. The summed E-state index contributed by atoms with van der Waals surface area (Å²) in [5.74, 6) is -1.25. The molecular formula is C18H26FNO3. The number of benzene rings is 1. The Morgan fingerprint density at radius 2 is 1.70 bits per heavy atom. The van der Waals surface area contributed by atoms with Gasteiger partial charge in [-0.3, -0.25) is 4.79 Å². The first-order valence-electron chi connectivity index (χ1n) is 8.22. The number of nitrogens with one attached hydrogen (secondary N) is 1. The molecule has 1 amide bonds. The summed E-state index contributed by atoms with van der Waals surface area (Å²) >= 11 is 0. The normalized spacial score (nSPS) is 11.8. The topological polar surface area (TPSA) is 55.4 Å². The number of rotatable bonds is 10. The quantitative estimate of drug-likeness (QED) is 0.525. The molecule has 23 heavy (non-hydrogen) atoms. The second-order valence-electron chi connectivity index (χ2n) is 5.61. The first-order valence-corrected chi connectivity index (χ1v) is 8.22. The molecule has 1 rings (SSSR count). The van der Waals surface area contributed by atoms with Crippen molar-refractivity contribution in [1.82, 2.24) is 5.32 Å². The summed E-state index contributed by atoms with van der Waals surface area (Å²) in [5.41, 5.74) is 0.322. The van der Waals surface area contributed by atoms with E-state index in [1.807, 2.05) is 0 Å². The standard InChI is InChI=1S/C18H26FNO3/c1-3-4-5-6-7-8-9-16(18(22)23-2)20-17(21)14-10-12-15(19)13-11-14/h10-13,16H,3-9H2,1-2H3,(H,20,21)/t16-/m0/s1. The van der Waals surface area contributed by atoms with Gasteiger partial charge in [-0.05, 0) is 30.7 Å². The maximum atomic E-state index is 12.9. The van der Waals surface area contributed by atoms with Crippen molar-refractivity contribution in [3.05, 3.63) is 35.6 Å². The van der Waals surface area contributed by atoms with E-state index in [-0.39, 0.29) is 0 Å². The third-order valence-electron chi connectivity index (χ3n) is 3.74. The number of hydrogen-bond donors (Lipinski definition) is 1. The van der Waals surface area contributed by atoms with Crippen molar-refractivity contribution in [1.29, 1.82) is 0 Å². The van der Waals surface area contributed by atoms with Crippen LogP contribution >= 0.6 is 0 Å². The Kier molecular flexibility index (Phi) is 8.95. The molecule has 0 aliphatic carbocycles. The van der Waals surface area contributed by atoms with Crippen molar-refractivity contribution in [2.24, 2.45) is 0 Å². The molecule has 0 unspecified atom stereocenters. The highest BCUT2D eigenvalue weighted by Gasteiger charge is 2.21. The van der Waals surface area contributed by atoms with Crippen LogP contribution < -0.4 is 5.32 Å². The van der Waals surface area contributed by atoms with Gasteiger partial charge in [0, 0.05) is 5.56 Å². The van der Waals surface area contributed by atoms with Gasteiger partial charge in [0.25, 0.3) is 5.91 Å². The van der Waals surface area contributed by atoms with E-state index >= 15 is 0 Å². The van der Waals surface area contributed by atoms with Crippen molar-refractivity contribution >= 4 is 11.9 Å². The molecule has 1 atom stereocenters. The third kappa shape index (κ3) is 7.26. The first kappa shape index (κ1) is 19.1. The Morgan fingerprint density at radius 1 is 1.09 bits per heavy atom. The van der Waals surface area contributed by atoms with Crippen molar-refractivity contribution in [3.8, 4) is 0 Å². The Bertz CT molecular complexity index is 488. The molecule has 0 aliphatic heterocycles. The number of unbranched alkanes of at least 4 members (excludes halogenated alkanes) is 5. The molecule has 0 fully saturated rings. The lowest BCUT2D eigenvalue weighted by atomic mass is 10.1. The monoisotopic (exact) mass is 323 g/mol. The summed E-state index contributed by atoms with van der Waals surface area (Å²) in [7, 11) is 1.31. The third-order valence-corrected chi connectivity index (χ3v) is 3.74. The molecule has 0 spiro atoms. The van der Waals surface area contributed by atoms with E-state index in [0.29, 0.717) is 12.0 Å². The largest absolute Gasteiger partial charge is 0.467 e. The molecule has 1 aromatic rings. The number of esters is 1. The predicted molar refractivity (Wildman–Crippen MR) is 87.7 cm³/mol. The highest BCUT2D eigenvalue weighted by atomic mass is 19.1. The molecule has 5 heteroatoms. The van der Waals surface area contributed by atoms with Crippen LogP contribution in [-0.2, 0) is 9.53 Å². The predicted octanol–water partition coefficient (Wildman–Crippen LogP) is 3.85. The summed E-state index contributed by atoms with van der Waals surface area (Å²) in [5, 5.41) is 2.67. The summed E-state index contributed by atoms with van der Waals surface area (Å²) in [6.07, 6.45) is 7.17. The van der Waals surface area contributed by atoms with E-state index in [0.717, 1.165) is 19.3 Å². The van der Waals surface area contributed by atoms with Gasteiger partial charge in [0.2, 0.25) is 0 Å². The van der Waals surface area contributed by atoms with Crippen molar-refractivity contribution in [2.75, 3.05) is 7.11 Å². The molecular weight excluding hydrogens is 297 g/mol. The second kappa shape index (κ2) is 10.8. The number of carbonyl (C=O) groups is 2. The summed E-state index contributed by atoms with van der Waals surface area (Å²) < 4.78 is 17.6. The minimum atomic E-state index is -0.663. The Balaban J connectivity index is 2.49. The van der Waals surface area contributed by atoms with Gasteiger partial charge in [-0.1, -0.05) is 45.4 Å². The zero-order valence-electron chi connectivity index (χ0n) is 13.9. The highest BCUT2D eigenvalue weighted by Crippen LogP contribution is 2.10. The van der Waals surface area contributed by atoms with Gasteiger partial charge in [-0.25, -0.2) is 9.18 Å². The van der Waals surface area contributed by atoms with Crippen LogP contribution in [0.4, 0.5) is 4.39 Å². The van der Waals surface area contributed by atoms with Gasteiger partial charge in [-0.2, -0.15) is 0 Å². The molecule has 0 aromatic heterocycles. The zero-order valence-corrected chi connectivity index (χ0v) is 13.9. The molecule has 0 saturated heterocycles. The minimum Gasteiger partial charge on any atom is -0.467 e. The summed E-state index contributed by atoms with van der Waals surface area (Å²) in [6.45, 7) is 2.16. The van der Waals surface area contributed by atoms with Crippen LogP contribution in [-0.4, -0.2) is 25.0 Å². The maximum Gasteiger partial charge on any atom is 0.328 e. The van der Waals surface area contributed by atoms with Gasteiger partial charge in [0.15, 0.2) is 0 Å². The molecule has 0 bridgehead atoms. The fourth-order valence-electron chi connectivity index (χ4n) is 2.36. The van der Waals surface area contributed by atoms with E-state index in [9.17, 15) is 14.0 Å². The maximum absolute atomic E-state index is 12.9. The van der Waals surface area contributed by atoms with Crippen LogP contribution in [0, 0.1) is 5.82 Å². The zero-order chi connectivity index (χ0) is 17.1. The van der Waals surface area contributed by atoms with E-state index in [1.165, 1.54) is 50.6 Å². The molecule has 0 heterocycles. The number of amides is 1. The number of hydrogen-bond acceptors (Lipinski definition) is 3. The molecule has 0 radical (unpaired) electrons. The average Bonchev–Trinajstić information content (AvgIpc) is 2.56. The van der Waals surface area contributed by atoms with Gasteiger partial charge in [0.05, 0.1) is 7.11 Å². The fourth-order valence-corrected chi connectivity index (χ4v) is 2.36. The SMILES string of the molecule is CCCCCCCC[C@H](NC(=O)c1ccc(F)cc1)C(=O)OC. The Hall–Kier alpha value is -1.91. The van der Waals surface area contributed by atoms with Crippen LogP contribution in [0.1, 0.15) is 62.2 Å². The van der Waals surface area contributed by atoms with Crippen LogP contribution in [0.5, 0.6) is 0 Å². The van der Waals surface area contributed by atoms with E-state index in [1.54, 1.807) is 0 Å². The smallest absolute Gasteiger partial charge is 0.328 e. The van der Waals surface area contributed by atoms with Crippen molar-refractivity contribution in [2.45, 2.75) is 57.9 Å². The number of methoxy groups -OCH3 is 1. The van der Waals surface area contributed by atoms with Crippen LogP contribution in [0.2, 0.25) is 0 Å². The molecule has 4 nitrogen and oxygen atoms in total. The van der Waals surface area contributed by atoms with Crippen LogP contribution in [0.25, 0.3) is 0 Å². The molecule has 1 N–H and O–H groups in total. The lowest BCUT2D eigenvalue weighted by Crippen LogP contribution is -2.41. The van der Waals surface area contributed by atoms with E-state index in [2.05, 4.69) is 12.2 Å². The number of ether oxygens (including phenoxy) is 1. The number of halogens is 1. The Labute approximate surface area is 137 Å². The molecule has 0 saturated carbocycles. The number of carbonyl (C=O) groups excluding carboxylic acids is 2. The first-order chi connectivity index (χ1) is 11.1. The lowest BCUT2D eigenvalue weighted by molar-refractivity contribution is -0.143. The minimum absolute atomic E-state index is 0.322. The molecule has 128 valence electrons. The van der Waals surface area contributed by atoms with Crippen LogP contribution in [0.3, 0.4) is 0 Å². The van der Waals surface area contributed by atoms with Crippen molar-refractivity contribution in [3.63, 3.8) is 0 Å². The van der Waals surface area contributed by atoms with Crippen molar-refractivity contribution < 1.29 is 18.7 Å². The Morgan fingerprint density at radius 3 is 2.30 bits per heavy atom. The lowest BCUT2D eigenvalue weighted by Gasteiger charge is -2.16. The van der Waals surface area contributed by atoms with Crippen LogP contribution in [0.15, 0.2) is 24.3 Å². The van der Waals surface area contributed by atoms with E-state index < -0.39 is 23.7 Å². The fraction of sp³-hybridized carbons (Fsp3) is 0.556. The molecule has 1 aromatic carbocycles. The summed E-state index contributed by atoms with van der Waals surface area (Å²) in [4.78, 5) is 23.9. The van der Waals surface area contributed by atoms with Gasteiger partial charge < -0.3 is 10.1 Å². The van der Waals surface area contributed by atoms with Gasteiger partial charge in [-0.15, -0.1) is 0 Å². The summed E-state index contributed by atoms with van der Waals surface area (Å²) in [6, 6.07) is 4.56. The van der Waals surface area contributed by atoms with Gasteiger partial charge >= 0.3 is 5.97 Å². The second-order valence-corrected chi connectivity index (χ2v) is 5.61. The average molecular weight is 323 g/mol.